The number of thiophene rings is 1. The maximum atomic E-state index is 12.6. The lowest BCUT2D eigenvalue weighted by Gasteiger charge is -2.35. The Hall–Kier alpha value is -2.43. The summed E-state index contributed by atoms with van der Waals surface area (Å²) >= 11 is 1.21. The summed E-state index contributed by atoms with van der Waals surface area (Å²) in [5.41, 5.74) is 0.348. The number of nitrogens with zero attached hydrogens (tertiary/aromatic N) is 2. The highest BCUT2D eigenvalue weighted by Gasteiger charge is 2.45. The highest BCUT2D eigenvalue weighted by Crippen LogP contribution is 2.36. The van der Waals surface area contributed by atoms with Gasteiger partial charge in [-0.25, -0.2) is 13.2 Å². The van der Waals surface area contributed by atoms with Crippen molar-refractivity contribution >= 4 is 33.4 Å². The molecule has 1 aromatic carbocycles. The van der Waals surface area contributed by atoms with Gasteiger partial charge in [-0.1, -0.05) is 41.6 Å². The Morgan fingerprint density at radius 1 is 1.21 bits per heavy atom. The van der Waals surface area contributed by atoms with E-state index in [-0.39, 0.29) is 5.90 Å². The van der Waals surface area contributed by atoms with E-state index < -0.39 is 21.7 Å². The molecule has 2 aliphatic heterocycles. The average Bonchev–Trinajstić information content (AvgIpc) is 3.39. The fourth-order valence-corrected chi connectivity index (χ4v) is 5.98. The van der Waals surface area contributed by atoms with Gasteiger partial charge in [-0.15, -0.1) is 11.3 Å². The molecule has 4 rings (SSSR count). The third-order valence-electron chi connectivity index (χ3n) is 5.03. The van der Waals surface area contributed by atoms with Gasteiger partial charge in [0.05, 0.1) is 6.42 Å². The van der Waals surface area contributed by atoms with Crippen LogP contribution in [0.15, 0.2) is 57.2 Å². The normalized spacial score (nSPS) is 18.8. The van der Waals surface area contributed by atoms with Crippen molar-refractivity contribution in [3.05, 3.63) is 53.4 Å². The zero-order valence-corrected chi connectivity index (χ0v) is 17.2. The molecule has 3 heterocycles. The smallest absolute Gasteiger partial charge is 0.392 e. The predicted octanol–water partition coefficient (Wildman–Crippen LogP) is 2.93. The van der Waals surface area contributed by atoms with Gasteiger partial charge in [-0.2, -0.15) is 4.31 Å². The van der Waals surface area contributed by atoms with E-state index in [1.165, 1.54) is 15.6 Å². The highest BCUT2D eigenvalue weighted by atomic mass is 32.2. The number of nitrogens with one attached hydrogen (secondary N) is 1. The van der Waals surface area contributed by atoms with E-state index in [9.17, 15) is 13.2 Å². The molecule has 0 atom stereocenters. The van der Waals surface area contributed by atoms with Crippen LogP contribution in [0.4, 0.5) is 4.79 Å². The van der Waals surface area contributed by atoms with E-state index >= 15 is 0 Å². The van der Waals surface area contributed by atoms with Gasteiger partial charge in [0.1, 0.15) is 9.81 Å². The van der Waals surface area contributed by atoms with Crippen molar-refractivity contribution in [2.75, 3.05) is 13.1 Å². The molecule has 0 bridgehead atoms. The first-order chi connectivity index (χ1) is 14.0. The number of hydrogen-bond donors (Lipinski definition) is 1. The van der Waals surface area contributed by atoms with Crippen LogP contribution in [0.3, 0.4) is 0 Å². The number of amides is 1. The summed E-state index contributed by atoms with van der Waals surface area (Å²) in [6.07, 6.45) is 0.726. The number of alkyl carbamates (subject to hydrolysis) is 1. The lowest BCUT2D eigenvalue weighted by atomic mass is 9.89. The lowest BCUT2D eigenvalue weighted by Crippen LogP contribution is -2.46. The van der Waals surface area contributed by atoms with Gasteiger partial charge < -0.3 is 14.9 Å². The van der Waals surface area contributed by atoms with Crippen LogP contribution in [0.1, 0.15) is 24.8 Å². The minimum absolute atomic E-state index is 0.213. The van der Waals surface area contributed by atoms with Gasteiger partial charge in [-0.3, -0.25) is 0 Å². The largest absolute Gasteiger partial charge is 0.414 e. The quantitative estimate of drug-likeness (QED) is 0.796. The molecule has 29 heavy (non-hydrogen) atoms. The SMILES string of the molecule is O=C(NCc1ccccc1)OC1=NOC2(CCN(S(=O)(=O)c3cccs3)CC2)C1. The summed E-state index contributed by atoms with van der Waals surface area (Å²) in [5.74, 6) is 0.213. The van der Waals surface area contributed by atoms with Gasteiger partial charge in [-0.05, 0) is 17.0 Å². The van der Waals surface area contributed by atoms with Crippen molar-refractivity contribution in [2.45, 2.75) is 35.6 Å². The topological polar surface area (TPSA) is 97.3 Å². The minimum atomic E-state index is -3.47. The molecule has 2 aromatic rings. The Kier molecular flexibility index (Phi) is 5.57. The molecule has 0 unspecified atom stereocenters. The van der Waals surface area contributed by atoms with Crippen LogP contribution in [-0.2, 0) is 26.1 Å². The molecule has 1 spiro atoms. The maximum Gasteiger partial charge on any atom is 0.414 e. The molecule has 154 valence electrons. The fourth-order valence-electron chi connectivity index (χ4n) is 3.40. The van der Waals surface area contributed by atoms with E-state index in [4.69, 9.17) is 9.57 Å². The summed E-state index contributed by atoms with van der Waals surface area (Å²) in [4.78, 5) is 17.6. The Balaban J connectivity index is 1.27. The minimum Gasteiger partial charge on any atom is -0.392 e. The van der Waals surface area contributed by atoms with Crippen molar-refractivity contribution in [3.8, 4) is 0 Å². The van der Waals surface area contributed by atoms with Crippen molar-refractivity contribution in [1.82, 2.24) is 9.62 Å². The molecule has 1 saturated heterocycles. The number of rotatable bonds is 4. The Morgan fingerprint density at radius 3 is 2.66 bits per heavy atom. The second kappa shape index (κ2) is 8.13. The second-order valence-electron chi connectivity index (χ2n) is 7.00. The van der Waals surface area contributed by atoms with Crippen molar-refractivity contribution < 1.29 is 22.8 Å². The van der Waals surface area contributed by atoms with E-state index in [1.54, 1.807) is 17.5 Å². The van der Waals surface area contributed by atoms with Gasteiger partial charge in [0.25, 0.3) is 10.0 Å². The Morgan fingerprint density at radius 2 is 1.97 bits per heavy atom. The monoisotopic (exact) mass is 435 g/mol. The number of hydrogen-bond acceptors (Lipinski definition) is 7. The molecular weight excluding hydrogens is 414 g/mol. The highest BCUT2D eigenvalue weighted by molar-refractivity contribution is 7.91. The lowest BCUT2D eigenvalue weighted by molar-refractivity contribution is -0.0506. The molecule has 1 aromatic heterocycles. The molecule has 0 aliphatic carbocycles. The van der Waals surface area contributed by atoms with Crippen molar-refractivity contribution in [3.63, 3.8) is 0 Å². The first-order valence-corrected chi connectivity index (χ1v) is 11.6. The van der Waals surface area contributed by atoms with E-state index in [0.717, 1.165) is 5.56 Å². The van der Waals surface area contributed by atoms with E-state index in [2.05, 4.69) is 10.5 Å². The number of ether oxygens (including phenoxy) is 1. The molecule has 0 radical (unpaired) electrons. The number of sulfonamides is 1. The van der Waals surface area contributed by atoms with Gasteiger partial charge in [0, 0.05) is 32.5 Å². The molecule has 1 fully saturated rings. The number of benzene rings is 1. The van der Waals surface area contributed by atoms with Crippen LogP contribution in [0.5, 0.6) is 0 Å². The van der Waals surface area contributed by atoms with Crippen LogP contribution in [-0.4, -0.2) is 43.4 Å². The fraction of sp³-hybridized carbons (Fsp3) is 0.368. The zero-order valence-electron chi connectivity index (χ0n) is 15.6. The third-order valence-corrected chi connectivity index (χ3v) is 8.30. The standard InChI is InChI=1S/C19H21N3O5S2/c23-18(20-14-15-5-2-1-3-6-15)26-16-13-19(27-21-16)8-10-22(11-9-19)29(24,25)17-7-4-12-28-17/h1-7,12H,8-11,13-14H2,(H,20,23). The summed E-state index contributed by atoms with van der Waals surface area (Å²) < 4.78 is 32.4. The summed E-state index contributed by atoms with van der Waals surface area (Å²) in [6.45, 7) is 1.03. The van der Waals surface area contributed by atoms with Crippen LogP contribution in [0.25, 0.3) is 0 Å². The van der Waals surface area contributed by atoms with E-state index in [0.29, 0.717) is 43.1 Å². The molecule has 10 heteroatoms. The van der Waals surface area contributed by atoms with E-state index in [1.807, 2.05) is 30.3 Å². The summed E-state index contributed by atoms with van der Waals surface area (Å²) in [5, 5.41) is 8.34. The van der Waals surface area contributed by atoms with Gasteiger partial charge in [0.15, 0.2) is 0 Å². The molecule has 2 aliphatic rings. The van der Waals surface area contributed by atoms with Crippen LogP contribution < -0.4 is 5.32 Å². The van der Waals surface area contributed by atoms with Crippen molar-refractivity contribution in [2.24, 2.45) is 5.16 Å². The average molecular weight is 436 g/mol. The van der Waals surface area contributed by atoms with Crippen LogP contribution >= 0.6 is 11.3 Å². The number of carbonyl (C=O) groups excluding carboxylic acids is 1. The first kappa shape index (κ1) is 19.9. The molecule has 8 nitrogen and oxygen atoms in total. The second-order valence-corrected chi connectivity index (χ2v) is 10.1. The number of oxime groups is 1. The van der Waals surface area contributed by atoms with Crippen LogP contribution in [0, 0.1) is 0 Å². The Bertz CT molecular complexity index is 982. The van der Waals surface area contributed by atoms with Gasteiger partial charge in [0.2, 0.25) is 5.90 Å². The maximum absolute atomic E-state index is 12.6. The van der Waals surface area contributed by atoms with Gasteiger partial charge >= 0.3 is 6.09 Å². The number of carbonyl (C=O) groups is 1. The summed E-state index contributed by atoms with van der Waals surface area (Å²) in [6, 6.07) is 12.8. The Labute approximate surface area is 173 Å². The molecular formula is C19H21N3O5S2. The number of piperidine rings is 1. The summed E-state index contributed by atoms with van der Waals surface area (Å²) in [7, 11) is -3.47. The molecule has 1 N–H and O–H groups in total. The van der Waals surface area contributed by atoms with Crippen molar-refractivity contribution in [1.29, 1.82) is 0 Å². The zero-order chi connectivity index (χ0) is 20.3. The molecule has 0 saturated carbocycles. The molecule has 1 amide bonds. The predicted molar refractivity (Wildman–Crippen MR) is 108 cm³/mol. The third kappa shape index (κ3) is 4.44. The first-order valence-electron chi connectivity index (χ1n) is 9.25. The van der Waals surface area contributed by atoms with Crippen LogP contribution in [0.2, 0.25) is 0 Å².